The average Bonchev–Trinajstić information content (AvgIpc) is 2.94. The standard InChI is InChI=1S/C20H26N2O5/c1-14-4-2-3-5-17(14)19(24)21-8-6-15(7-9-21)18(23)22-10-11-27-13-16(12-22)20(25)26/h2-5,15-16H,6-13H2,1H3,(H,25,26). The summed E-state index contributed by atoms with van der Waals surface area (Å²) in [6.07, 6.45) is 1.21. The van der Waals surface area contributed by atoms with E-state index in [-0.39, 0.29) is 30.9 Å². The molecule has 1 N–H and O–H groups in total. The minimum Gasteiger partial charge on any atom is -0.481 e. The number of amides is 2. The summed E-state index contributed by atoms with van der Waals surface area (Å²) in [5, 5.41) is 9.24. The lowest BCUT2D eigenvalue weighted by atomic mass is 9.94. The number of ether oxygens (including phenoxy) is 1. The second-order valence-electron chi connectivity index (χ2n) is 7.28. The minimum absolute atomic E-state index is 0.00751. The Balaban J connectivity index is 1.58. The maximum absolute atomic E-state index is 12.8. The molecule has 7 nitrogen and oxygen atoms in total. The van der Waals surface area contributed by atoms with Crippen LogP contribution in [0.4, 0.5) is 0 Å². The Morgan fingerprint density at radius 2 is 1.74 bits per heavy atom. The maximum Gasteiger partial charge on any atom is 0.310 e. The Kier molecular flexibility index (Phi) is 6.11. The zero-order chi connectivity index (χ0) is 19.4. The predicted molar refractivity (Wildman–Crippen MR) is 98.3 cm³/mol. The first kappa shape index (κ1) is 19.4. The number of carboxylic acids is 1. The van der Waals surface area contributed by atoms with Crippen LogP contribution in [0, 0.1) is 18.8 Å². The monoisotopic (exact) mass is 374 g/mol. The first-order valence-electron chi connectivity index (χ1n) is 9.41. The van der Waals surface area contributed by atoms with Crippen molar-refractivity contribution in [1.82, 2.24) is 9.80 Å². The van der Waals surface area contributed by atoms with Gasteiger partial charge in [-0.3, -0.25) is 14.4 Å². The van der Waals surface area contributed by atoms with Crippen LogP contribution in [0.5, 0.6) is 0 Å². The molecule has 1 unspecified atom stereocenters. The van der Waals surface area contributed by atoms with Gasteiger partial charge in [0.05, 0.1) is 19.1 Å². The molecule has 27 heavy (non-hydrogen) atoms. The third-order valence-corrected chi connectivity index (χ3v) is 5.43. The lowest BCUT2D eigenvalue weighted by Gasteiger charge is -2.34. The van der Waals surface area contributed by atoms with Crippen LogP contribution < -0.4 is 0 Å². The number of rotatable bonds is 3. The molecule has 2 saturated heterocycles. The molecule has 0 radical (unpaired) electrons. The molecule has 2 fully saturated rings. The fourth-order valence-electron chi connectivity index (χ4n) is 3.73. The van der Waals surface area contributed by atoms with Gasteiger partial charge in [-0.1, -0.05) is 18.2 Å². The van der Waals surface area contributed by atoms with Crippen LogP contribution in [0.3, 0.4) is 0 Å². The molecule has 2 heterocycles. The molecule has 7 heteroatoms. The summed E-state index contributed by atoms with van der Waals surface area (Å²) >= 11 is 0. The first-order chi connectivity index (χ1) is 13.0. The summed E-state index contributed by atoms with van der Waals surface area (Å²) in [6, 6.07) is 7.52. The smallest absolute Gasteiger partial charge is 0.310 e. The van der Waals surface area contributed by atoms with E-state index in [0.717, 1.165) is 5.56 Å². The summed E-state index contributed by atoms with van der Waals surface area (Å²) in [5.41, 5.74) is 1.65. The van der Waals surface area contributed by atoms with Crippen LogP contribution in [0.1, 0.15) is 28.8 Å². The Labute approximate surface area is 158 Å². The Bertz CT molecular complexity index is 712. The number of carboxylic acid groups (broad SMARTS) is 1. The normalized spacial score (nSPS) is 21.6. The van der Waals surface area contributed by atoms with Crippen molar-refractivity contribution >= 4 is 17.8 Å². The average molecular weight is 374 g/mol. The second kappa shape index (κ2) is 8.52. The number of hydrogen-bond donors (Lipinski definition) is 1. The van der Waals surface area contributed by atoms with Gasteiger partial charge in [0.25, 0.3) is 5.91 Å². The van der Waals surface area contributed by atoms with Crippen molar-refractivity contribution < 1.29 is 24.2 Å². The number of aliphatic carboxylic acids is 1. The Hall–Kier alpha value is -2.41. The number of carbonyl (C=O) groups is 3. The van der Waals surface area contributed by atoms with Gasteiger partial charge in [0.15, 0.2) is 0 Å². The molecule has 2 aliphatic rings. The van der Waals surface area contributed by atoms with E-state index in [0.29, 0.717) is 44.6 Å². The van der Waals surface area contributed by atoms with E-state index in [1.807, 2.05) is 31.2 Å². The lowest BCUT2D eigenvalue weighted by Crippen LogP contribution is -2.46. The fraction of sp³-hybridized carbons (Fsp3) is 0.550. The van der Waals surface area contributed by atoms with Crippen molar-refractivity contribution in [3.8, 4) is 0 Å². The Morgan fingerprint density at radius 1 is 1.04 bits per heavy atom. The van der Waals surface area contributed by atoms with E-state index in [2.05, 4.69) is 0 Å². The van der Waals surface area contributed by atoms with Gasteiger partial charge in [-0.05, 0) is 31.4 Å². The molecule has 1 aromatic carbocycles. The summed E-state index contributed by atoms with van der Waals surface area (Å²) in [5.74, 6) is -1.80. The van der Waals surface area contributed by atoms with Gasteiger partial charge < -0.3 is 19.6 Å². The van der Waals surface area contributed by atoms with Crippen LogP contribution in [0.25, 0.3) is 0 Å². The molecular weight excluding hydrogens is 348 g/mol. The van der Waals surface area contributed by atoms with Crippen molar-refractivity contribution in [3.63, 3.8) is 0 Å². The van der Waals surface area contributed by atoms with E-state index in [1.165, 1.54) is 0 Å². The van der Waals surface area contributed by atoms with Crippen molar-refractivity contribution in [2.75, 3.05) is 39.4 Å². The molecule has 2 amide bonds. The van der Waals surface area contributed by atoms with Crippen LogP contribution in [0.2, 0.25) is 0 Å². The van der Waals surface area contributed by atoms with Gasteiger partial charge >= 0.3 is 5.97 Å². The maximum atomic E-state index is 12.8. The highest BCUT2D eigenvalue weighted by atomic mass is 16.5. The summed E-state index contributed by atoms with van der Waals surface area (Å²) in [6.45, 7) is 4.11. The predicted octanol–water partition coefficient (Wildman–Crippen LogP) is 1.41. The third-order valence-electron chi connectivity index (χ3n) is 5.43. The van der Waals surface area contributed by atoms with E-state index >= 15 is 0 Å². The van der Waals surface area contributed by atoms with Gasteiger partial charge in [-0.15, -0.1) is 0 Å². The zero-order valence-corrected chi connectivity index (χ0v) is 15.6. The number of piperidine rings is 1. The molecule has 0 spiro atoms. The third kappa shape index (κ3) is 4.47. The molecule has 0 saturated carbocycles. The topological polar surface area (TPSA) is 87.2 Å². The number of nitrogens with zero attached hydrogens (tertiary/aromatic N) is 2. The molecule has 0 aromatic heterocycles. The number of aryl methyl sites for hydroxylation is 1. The van der Waals surface area contributed by atoms with Crippen molar-refractivity contribution in [1.29, 1.82) is 0 Å². The van der Waals surface area contributed by atoms with Crippen LogP contribution in [-0.4, -0.2) is 72.1 Å². The molecule has 2 aliphatic heterocycles. The molecular formula is C20H26N2O5. The summed E-state index contributed by atoms with van der Waals surface area (Å²) in [7, 11) is 0. The van der Waals surface area contributed by atoms with E-state index < -0.39 is 11.9 Å². The van der Waals surface area contributed by atoms with Gasteiger partial charge in [0.1, 0.15) is 0 Å². The Morgan fingerprint density at radius 3 is 2.41 bits per heavy atom. The van der Waals surface area contributed by atoms with Gasteiger partial charge in [0.2, 0.25) is 5.91 Å². The highest BCUT2D eigenvalue weighted by Crippen LogP contribution is 2.23. The number of likely N-dealkylation sites (tertiary alicyclic amines) is 1. The lowest BCUT2D eigenvalue weighted by molar-refractivity contribution is -0.145. The fourth-order valence-corrected chi connectivity index (χ4v) is 3.73. The number of carbonyl (C=O) groups excluding carboxylic acids is 2. The molecule has 1 aromatic rings. The van der Waals surface area contributed by atoms with Gasteiger partial charge in [-0.2, -0.15) is 0 Å². The molecule has 3 rings (SSSR count). The first-order valence-corrected chi connectivity index (χ1v) is 9.41. The number of benzene rings is 1. The van der Waals surface area contributed by atoms with E-state index in [9.17, 15) is 19.5 Å². The van der Waals surface area contributed by atoms with E-state index in [4.69, 9.17) is 4.74 Å². The quantitative estimate of drug-likeness (QED) is 0.864. The van der Waals surface area contributed by atoms with Crippen molar-refractivity contribution in [3.05, 3.63) is 35.4 Å². The zero-order valence-electron chi connectivity index (χ0n) is 15.6. The minimum atomic E-state index is -0.937. The van der Waals surface area contributed by atoms with E-state index in [1.54, 1.807) is 9.80 Å². The van der Waals surface area contributed by atoms with Gasteiger partial charge in [-0.25, -0.2) is 0 Å². The SMILES string of the molecule is Cc1ccccc1C(=O)N1CCC(C(=O)N2CCOCC(C(=O)O)C2)CC1. The summed E-state index contributed by atoms with van der Waals surface area (Å²) < 4.78 is 5.32. The number of hydrogen-bond acceptors (Lipinski definition) is 4. The van der Waals surface area contributed by atoms with Crippen LogP contribution >= 0.6 is 0 Å². The molecule has 0 aliphatic carbocycles. The molecule has 146 valence electrons. The summed E-state index contributed by atoms with van der Waals surface area (Å²) in [4.78, 5) is 40.3. The van der Waals surface area contributed by atoms with Crippen molar-refractivity contribution in [2.24, 2.45) is 11.8 Å². The van der Waals surface area contributed by atoms with Gasteiger partial charge in [0, 0.05) is 37.7 Å². The van der Waals surface area contributed by atoms with Crippen LogP contribution in [0.15, 0.2) is 24.3 Å². The highest BCUT2D eigenvalue weighted by Gasteiger charge is 2.33. The largest absolute Gasteiger partial charge is 0.481 e. The van der Waals surface area contributed by atoms with Crippen molar-refractivity contribution in [2.45, 2.75) is 19.8 Å². The van der Waals surface area contributed by atoms with Crippen LogP contribution in [-0.2, 0) is 14.3 Å². The molecule has 0 bridgehead atoms. The molecule has 1 atom stereocenters. The second-order valence-corrected chi connectivity index (χ2v) is 7.28. The highest BCUT2D eigenvalue weighted by molar-refractivity contribution is 5.95.